The predicted molar refractivity (Wildman–Crippen MR) is 115 cm³/mol. The molecule has 0 fully saturated rings. The highest BCUT2D eigenvalue weighted by Crippen LogP contribution is 2.34. The number of nitrogens with zero attached hydrogens (tertiary/aromatic N) is 3. The minimum atomic E-state index is -0.576. The van der Waals surface area contributed by atoms with Crippen LogP contribution in [0.3, 0.4) is 0 Å². The van der Waals surface area contributed by atoms with Crippen molar-refractivity contribution in [2.24, 2.45) is 5.41 Å². The molecule has 0 aliphatic rings. The van der Waals surface area contributed by atoms with Crippen LogP contribution in [0, 0.1) is 5.41 Å². The number of rotatable bonds is 10. The van der Waals surface area contributed by atoms with Gasteiger partial charge in [0.05, 0.1) is 6.10 Å². The third-order valence-corrected chi connectivity index (χ3v) is 4.88. The Morgan fingerprint density at radius 3 is 1.55 bits per heavy atom. The van der Waals surface area contributed by atoms with Crippen LogP contribution in [0.1, 0.15) is 93.8 Å². The van der Waals surface area contributed by atoms with Crippen LogP contribution in [0.2, 0.25) is 0 Å². The molecule has 1 rings (SSSR count). The first-order chi connectivity index (χ1) is 13.3. The van der Waals surface area contributed by atoms with Gasteiger partial charge in [-0.25, -0.2) is 28.1 Å². The molecular formula is C21H39N3O5. The molecule has 1 aromatic heterocycles. The molecule has 0 aromatic carbocycles. The second kappa shape index (κ2) is 9.89. The second-order valence-electron chi connectivity index (χ2n) is 9.16. The summed E-state index contributed by atoms with van der Waals surface area (Å²) in [6.07, 6.45) is -0.0349. The van der Waals surface area contributed by atoms with Crippen molar-refractivity contribution in [3.05, 3.63) is 31.5 Å². The highest BCUT2D eigenvalue weighted by Gasteiger charge is 2.35. The summed E-state index contributed by atoms with van der Waals surface area (Å²) in [6.45, 7) is 19.1. The molecule has 2 unspecified atom stereocenters. The lowest BCUT2D eigenvalue weighted by Crippen LogP contribution is -2.56. The van der Waals surface area contributed by atoms with Crippen LogP contribution >= 0.6 is 0 Å². The summed E-state index contributed by atoms with van der Waals surface area (Å²) in [6, 6.07) is -1.15. The number of aromatic nitrogens is 3. The first-order valence-electron chi connectivity index (χ1n) is 10.5. The fourth-order valence-electron chi connectivity index (χ4n) is 3.65. The van der Waals surface area contributed by atoms with Gasteiger partial charge >= 0.3 is 17.1 Å². The molecule has 0 aliphatic carbocycles. The van der Waals surface area contributed by atoms with E-state index in [2.05, 4.69) is 0 Å². The third-order valence-electron chi connectivity index (χ3n) is 4.88. The van der Waals surface area contributed by atoms with Gasteiger partial charge < -0.3 is 9.47 Å². The molecule has 0 aliphatic heterocycles. The van der Waals surface area contributed by atoms with E-state index < -0.39 is 34.8 Å². The van der Waals surface area contributed by atoms with Crippen LogP contribution in [0.5, 0.6) is 0 Å². The van der Waals surface area contributed by atoms with Gasteiger partial charge in [0.25, 0.3) is 0 Å². The normalized spacial score (nSPS) is 14.8. The van der Waals surface area contributed by atoms with E-state index in [0.29, 0.717) is 13.0 Å². The summed E-state index contributed by atoms with van der Waals surface area (Å²) in [5.41, 5.74) is -2.18. The Hall–Kier alpha value is -1.67. The largest absolute Gasteiger partial charge is 0.352 e. The zero-order valence-corrected chi connectivity index (χ0v) is 19.7. The van der Waals surface area contributed by atoms with Gasteiger partial charge in [-0.15, -0.1) is 0 Å². The Kier molecular flexibility index (Phi) is 8.65. The van der Waals surface area contributed by atoms with Gasteiger partial charge in [-0.1, -0.05) is 13.8 Å². The molecule has 1 heterocycles. The third kappa shape index (κ3) is 5.69. The molecule has 0 saturated carbocycles. The second-order valence-corrected chi connectivity index (χ2v) is 9.16. The lowest BCUT2D eigenvalue weighted by Gasteiger charge is -2.37. The van der Waals surface area contributed by atoms with Crippen molar-refractivity contribution in [1.82, 2.24) is 13.7 Å². The molecule has 0 bridgehead atoms. The number of ether oxygens (including phenoxy) is 2. The first kappa shape index (κ1) is 25.4. The molecule has 0 spiro atoms. The van der Waals surface area contributed by atoms with E-state index in [9.17, 15) is 14.4 Å². The Balaban J connectivity index is 3.52. The highest BCUT2D eigenvalue weighted by atomic mass is 16.7. The van der Waals surface area contributed by atoms with Crippen LogP contribution in [-0.2, 0) is 9.47 Å². The van der Waals surface area contributed by atoms with Crippen LogP contribution in [0.4, 0.5) is 0 Å². The summed E-state index contributed by atoms with van der Waals surface area (Å²) < 4.78 is 15.3. The average molecular weight is 414 g/mol. The maximum Gasteiger partial charge on any atom is 0.336 e. The van der Waals surface area contributed by atoms with Gasteiger partial charge in [0, 0.05) is 30.1 Å². The Morgan fingerprint density at radius 1 is 0.793 bits per heavy atom. The lowest BCUT2D eigenvalue weighted by atomic mass is 9.85. The van der Waals surface area contributed by atoms with Crippen LogP contribution in [0.15, 0.2) is 14.4 Å². The lowest BCUT2D eigenvalue weighted by molar-refractivity contribution is -0.216. The maximum atomic E-state index is 13.1. The molecular weight excluding hydrogens is 374 g/mol. The van der Waals surface area contributed by atoms with Crippen molar-refractivity contribution < 1.29 is 9.47 Å². The number of hydrogen-bond donors (Lipinski definition) is 0. The van der Waals surface area contributed by atoms with Crippen molar-refractivity contribution in [1.29, 1.82) is 0 Å². The molecule has 29 heavy (non-hydrogen) atoms. The fourth-order valence-corrected chi connectivity index (χ4v) is 3.65. The van der Waals surface area contributed by atoms with Gasteiger partial charge in [0.15, 0.2) is 6.29 Å². The molecule has 8 nitrogen and oxygen atoms in total. The topological polar surface area (TPSA) is 84.5 Å². The first-order valence-corrected chi connectivity index (χ1v) is 10.5. The van der Waals surface area contributed by atoms with E-state index in [-0.39, 0.29) is 18.2 Å². The fraction of sp³-hybridized carbons (Fsp3) is 0.857. The van der Waals surface area contributed by atoms with E-state index in [1.807, 2.05) is 41.5 Å². The quantitative estimate of drug-likeness (QED) is 0.550. The van der Waals surface area contributed by atoms with E-state index in [0.717, 1.165) is 9.13 Å². The van der Waals surface area contributed by atoms with Crippen molar-refractivity contribution in [2.45, 2.75) is 106 Å². The molecule has 2 atom stereocenters. The van der Waals surface area contributed by atoms with E-state index in [4.69, 9.17) is 9.47 Å². The van der Waals surface area contributed by atoms with E-state index in [1.165, 1.54) is 4.57 Å². The summed E-state index contributed by atoms with van der Waals surface area (Å²) in [5.74, 6) is 0. The van der Waals surface area contributed by atoms with Gasteiger partial charge in [0.2, 0.25) is 0 Å². The Labute approximate surface area is 173 Å². The van der Waals surface area contributed by atoms with Crippen molar-refractivity contribution in [3.63, 3.8) is 0 Å². The van der Waals surface area contributed by atoms with Gasteiger partial charge in [-0.3, -0.25) is 0 Å². The monoisotopic (exact) mass is 413 g/mol. The van der Waals surface area contributed by atoms with E-state index in [1.54, 1.807) is 27.7 Å². The standard InChI is InChI=1S/C21H39N3O5/c1-11-28-17(29-15(6)7)21(9,10)12-16(8)24-19(26)22(13(2)3)18(25)23(14(4)5)20(24)27/h13-17H,11-12H2,1-10H3. The molecule has 0 N–H and O–H groups in total. The smallest absolute Gasteiger partial charge is 0.336 e. The van der Waals surface area contributed by atoms with Crippen molar-refractivity contribution in [2.75, 3.05) is 6.61 Å². The minimum absolute atomic E-state index is 0.0233. The Morgan fingerprint density at radius 2 is 1.21 bits per heavy atom. The molecule has 0 amide bonds. The van der Waals surface area contributed by atoms with Crippen molar-refractivity contribution in [3.8, 4) is 0 Å². The summed E-state index contributed by atoms with van der Waals surface area (Å²) >= 11 is 0. The summed E-state index contributed by atoms with van der Waals surface area (Å²) in [5, 5.41) is 0. The molecule has 1 aromatic rings. The number of hydrogen-bond acceptors (Lipinski definition) is 5. The van der Waals surface area contributed by atoms with Gasteiger partial charge in [0.1, 0.15) is 0 Å². The predicted octanol–water partition coefficient (Wildman–Crippen LogP) is 3.10. The molecule has 8 heteroatoms. The zero-order valence-electron chi connectivity index (χ0n) is 19.7. The average Bonchev–Trinajstić information content (AvgIpc) is 2.52. The summed E-state index contributed by atoms with van der Waals surface area (Å²) in [4.78, 5) is 38.9. The van der Waals surface area contributed by atoms with Gasteiger partial charge in [-0.2, -0.15) is 0 Å². The molecule has 0 radical (unpaired) electrons. The van der Waals surface area contributed by atoms with Crippen LogP contribution in [-0.4, -0.2) is 32.7 Å². The SMILES string of the molecule is CCOC(OC(C)C)C(C)(C)CC(C)n1c(=O)n(C(C)C)c(=O)n(C(C)C)c1=O. The van der Waals surface area contributed by atoms with Gasteiger partial charge in [-0.05, 0) is 61.8 Å². The molecule has 0 saturated heterocycles. The van der Waals surface area contributed by atoms with Crippen LogP contribution in [0.25, 0.3) is 0 Å². The maximum absolute atomic E-state index is 13.1. The molecule has 168 valence electrons. The summed E-state index contributed by atoms with van der Waals surface area (Å²) in [7, 11) is 0. The Bertz CT molecular complexity index is 799. The van der Waals surface area contributed by atoms with Crippen molar-refractivity contribution >= 4 is 0 Å². The highest BCUT2D eigenvalue weighted by molar-refractivity contribution is 4.88. The van der Waals surface area contributed by atoms with E-state index >= 15 is 0 Å². The van der Waals surface area contributed by atoms with Crippen LogP contribution < -0.4 is 17.1 Å². The zero-order chi connectivity index (χ0) is 22.7. The minimum Gasteiger partial charge on any atom is -0.352 e.